The molecule has 1 unspecified atom stereocenters. The Hall–Kier alpha value is -1.53. The fraction of sp³-hybridized carbons (Fsp3) is 0.500. The molecule has 18 heavy (non-hydrogen) atoms. The van der Waals surface area contributed by atoms with Crippen LogP contribution in [0.3, 0.4) is 0 Å². The highest BCUT2D eigenvalue weighted by Gasteiger charge is 2.41. The number of nitrogens with one attached hydrogen (secondary N) is 1. The molecule has 6 heteroatoms. The molecule has 1 atom stereocenters. The molecule has 3 N–H and O–H groups in total. The second-order valence-electron chi connectivity index (χ2n) is 4.54. The summed E-state index contributed by atoms with van der Waals surface area (Å²) in [6.07, 6.45) is 1.11. The molecule has 1 aromatic heterocycles. The molecular weight excluding hydrogens is 235 g/mol. The first-order valence-electron chi connectivity index (χ1n) is 5.93. The molecule has 1 saturated heterocycles. The molecule has 5 nitrogen and oxygen atoms in total. The summed E-state index contributed by atoms with van der Waals surface area (Å²) in [5.41, 5.74) is 5.03. The third kappa shape index (κ3) is 2.21. The van der Waals surface area contributed by atoms with E-state index in [2.05, 4.69) is 10.3 Å². The molecule has 1 fully saturated rings. The summed E-state index contributed by atoms with van der Waals surface area (Å²) in [6, 6.07) is 2.81. The van der Waals surface area contributed by atoms with E-state index in [-0.39, 0.29) is 0 Å². The third-order valence-electron chi connectivity index (χ3n) is 3.46. The summed E-state index contributed by atoms with van der Waals surface area (Å²) in [5, 5.41) is 3.21. The van der Waals surface area contributed by atoms with Gasteiger partial charge in [-0.1, -0.05) is 0 Å². The lowest BCUT2D eigenvalue weighted by Crippen LogP contribution is -2.58. The van der Waals surface area contributed by atoms with Crippen molar-refractivity contribution in [2.75, 3.05) is 26.2 Å². The van der Waals surface area contributed by atoms with E-state index in [0.29, 0.717) is 18.8 Å². The summed E-state index contributed by atoms with van der Waals surface area (Å²) < 4.78 is 12.9. The Morgan fingerprint density at radius 1 is 1.50 bits per heavy atom. The Kier molecular flexibility index (Phi) is 3.58. The zero-order valence-electron chi connectivity index (χ0n) is 10.3. The van der Waals surface area contributed by atoms with Gasteiger partial charge in [0.1, 0.15) is 11.4 Å². The van der Waals surface area contributed by atoms with Crippen LogP contribution in [0.4, 0.5) is 4.39 Å². The summed E-state index contributed by atoms with van der Waals surface area (Å²) in [4.78, 5) is 17.8. The van der Waals surface area contributed by atoms with Crippen LogP contribution < -0.4 is 11.1 Å². The fourth-order valence-electron chi connectivity index (χ4n) is 2.22. The third-order valence-corrected chi connectivity index (χ3v) is 3.46. The van der Waals surface area contributed by atoms with Gasteiger partial charge in [0.15, 0.2) is 0 Å². The van der Waals surface area contributed by atoms with Crippen LogP contribution in [0.25, 0.3) is 0 Å². The Labute approximate surface area is 105 Å². The SMILES string of the molecule is CC(C(N)=O)(c1ccc(F)cn1)N1CCNCC1. The highest BCUT2D eigenvalue weighted by atomic mass is 19.1. The summed E-state index contributed by atoms with van der Waals surface area (Å²) >= 11 is 0. The number of nitrogens with zero attached hydrogens (tertiary/aromatic N) is 2. The standard InChI is InChI=1S/C12H17FN4O/c1-12(11(14)18,17-6-4-15-5-7-17)10-3-2-9(13)8-16-10/h2-3,8,15H,4-7H2,1H3,(H2,14,18). The monoisotopic (exact) mass is 252 g/mol. The van der Waals surface area contributed by atoms with E-state index < -0.39 is 17.3 Å². The van der Waals surface area contributed by atoms with Crippen molar-refractivity contribution < 1.29 is 9.18 Å². The number of pyridine rings is 1. The number of rotatable bonds is 3. The molecule has 0 spiro atoms. The average molecular weight is 252 g/mol. The Morgan fingerprint density at radius 3 is 2.67 bits per heavy atom. The van der Waals surface area contributed by atoms with Crippen LogP contribution in [0.2, 0.25) is 0 Å². The van der Waals surface area contributed by atoms with Gasteiger partial charge in [0.25, 0.3) is 0 Å². The first-order chi connectivity index (χ1) is 8.55. The number of nitrogens with two attached hydrogens (primary N) is 1. The molecule has 1 aliphatic rings. The van der Waals surface area contributed by atoms with E-state index in [0.717, 1.165) is 19.3 Å². The van der Waals surface area contributed by atoms with Gasteiger partial charge < -0.3 is 11.1 Å². The van der Waals surface area contributed by atoms with Gasteiger partial charge in [-0.3, -0.25) is 14.7 Å². The zero-order chi connectivity index (χ0) is 13.2. The number of amides is 1. The summed E-state index contributed by atoms with van der Waals surface area (Å²) in [7, 11) is 0. The molecule has 1 amide bonds. The molecule has 98 valence electrons. The zero-order valence-corrected chi connectivity index (χ0v) is 10.3. The van der Waals surface area contributed by atoms with E-state index in [1.54, 1.807) is 6.92 Å². The predicted octanol–water partition coefficient (Wildman–Crippen LogP) is -0.174. The average Bonchev–Trinajstić information content (AvgIpc) is 2.39. The number of halogens is 1. The van der Waals surface area contributed by atoms with Gasteiger partial charge in [-0.15, -0.1) is 0 Å². The van der Waals surface area contributed by atoms with Crippen LogP contribution in [0.5, 0.6) is 0 Å². The Morgan fingerprint density at radius 2 is 2.17 bits per heavy atom. The highest BCUT2D eigenvalue weighted by Crippen LogP contribution is 2.26. The number of primary amides is 1. The number of carbonyl (C=O) groups excluding carboxylic acids is 1. The quantitative estimate of drug-likeness (QED) is 0.783. The van der Waals surface area contributed by atoms with E-state index in [1.807, 2.05) is 4.90 Å². The molecule has 0 saturated carbocycles. The minimum Gasteiger partial charge on any atom is -0.368 e. The predicted molar refractivity (Wildman–Crippen MR) is 65.2 cm³/mol. The van der Waals surface area contributed by atoms with Gasteiger partial charge in [-0.05, 0) is 19.1 Å². The molecule has 0 radical (unpaired) electrons. The van der Waals surface area contributed by atoms with Crippen LogP contribution in [0.15, 0.2) is 18.3 Å². The fourth-order valence-corrected chi connectivity index (χ4v) is 2.22. The Bertz CT molecular complexity index is 430. The molecule has 1 aliphatic heterocycles. The van der Waals surface area contributed by atoms with Crippen molar-refractivity contribution in [2.45, 2.75) is 12.5 Å². The topological polar surface area (TPSA) is 71.2 Å². The van der Waals surface area contributed by atoms with Gasteiger partial charge in [-0.25, -0.2) is 4.39 Å². The number of carbonyl (C=O) groups is 1. The van der Waals surface area contributed by atoms with Gasteiger partial charge >= 0.3 is 0 Å². The lowest BCUT2D eigenvalue weighted by Gasteiger charge is -2.40. The second-order valence-corrected chi connectivity index (χ2v) is 4.54. The molecule has 0 aliphatic carbocycles. The largest absolute Gasteiger partial charge is 0.368 e. The van der Waals surface area contributed by atoms with Crippen molar-refractivity contribution in [3.8, 4) is 0 Å². The minimum atomic E-state index is -0.990. The van der Waals surface area contributed by atoms with Crippen molar-refractivity contribution >= 4 is 5.91 Å². The van der Waals surface area contributed by atoms with E-state index in [4.69, 9.17) is 5.73 Å². The van der Waals surface area contributed by atoms with Gasteiger partial charge in [0.2, 0.25) is 5.91 Å². The Balaban J connectivity index is 2.36. The van der Waals surface area contributed by atoms with Crippen molar-refractivity contribution in [2.24, 2.45) is 5.73 Å². The van der Waals surface area contributed by atoms with Crippen molar-refractivity contribution in [3.05, 3.63) is 29.8 Å². The normalized spacial score (nSPS) is 20.3. The van der Waals surface area contributed by atoms with Gasteiger partial charge in [-0.2, -0.15) is 0 Å². The summed E-state index contributed by atoms with van der Waals surface area (Å²) in [6.45, 7) is 4.74. The first kappa shape index (κ1) is 12.9. The molecule has 2 heterocycles. The molecule has 0 aromatic carbocycles. The maximum Gasteiger partial charge on any atom is 0.243 e. The maximum absolute atomic E-state index is 12.9. The van der Waals surface area contributed by atoms with Gasteiger partial charge in [0, 0.05) is 26.2 Å². The van der Waals surface area contributed by atoms with E-state index in [9.17, 15) is 9.18 Å². The van der Waals surface area contributed by atoms with Crippen LogP contribution in [0.1, 0.15) is 12.6 Å². The molecule has 1 aromatic rings. The lowest BCUT2D eigenvalue weighted by molar-refractivity contribution is -0.130. The van der Waals surface area contributed by atoms with Crippen molar-refractivity contribution in [3.63, 3.8) is 0 Å². The lowest BCUT2D eigenvalue weighted by atomic mass is 9.93. The van der Waals surface area contributed by atoms with Crippen LogP contribution in [-0.4, -0.2) is 42.0 Å². The van der Waals surface area contributed by atoms with Crippen LogP contribution >= 0.6 is 0 Å². The first-order valence-corrected chi connectivity index (χ1v) is 5.93. The maximum atomic E-state index is 12.9. The van der Waals surface area contributed by atoms with Crippen LogP contribution in [-0.2, 0) is 10.3 Å². The molecular formula is C12H17FN4O. The van der Waals surface area contributed by atoms with Crippen LogP contribution in [0, 0.1) is 5.82 Å². The summed E-state index contributed by atoms with van der Waals surface area (Å²) in [5.74, 6) is -0.894. The number of hydrogen-bond acceptors (Lipinski definition) is 4. The van der Waals surface area contributed by atoms with Gasteiger partial charge in [0.05, 0.1) is 11.9 Å². The van der Waals surface area contributed by atoms with E-state index >= 15 is 0 Å². The molecule has 0 bridgehead atoms. The number of piperazine rings is 1. The number of hydrogen-bond donors (Lipinski definition) is 2. The van der Waals surface area contributed by atoms with Crippen molar-refractivity contribution in [1.82, 2.24) is 15.2 Å². The number of aromatic nitrogens is 1. The van der Waals surface area contributed by atoms with E-state index in [1.165, 1.54) is 12.1 Å². The smallest absolute Gasteiger partial charge is 0.243 e. The highest BCUT2D eigenvalue weighted by molar-refractivity contribution is 5.85. The molecule has 2 rings (SSSR count). The van der Waals surface area contributed by atoms with Crippen molar-refractivity contribution in [1.29, 1.82) is 0 Å². The minimum absolute atomic E-state index is 0.425. The second kappa shape index (κ2) is 4.99.